The minimum atomic E-state index is -3.70. The van der Waals surface area contributed by atoms with Gasteiger partial charge in [-0.1, -0.05) is 0 Å². The molecule has 0 heterocycles. The highest BCUT2D eigenvalue weighted by atomic mass is 32.2. The summed E-state index contributed by atoms with van der Waals surface area (Å²) in [6.45, 7) is 4.61. The molecule has 1 aromatic carbocycles. The summed E-state index contributed by atoms with van der Waals surface area (Å²) >= 11 is 0. The van der Waals surface area contributed by atoms with E-state index in [4.69, 9.17) is 4.74 Å². The van der Waals surface area contributed by atoms with E-state index in [1.165, 1.54) is 25.0 Å². The van der Waals surface area contributed by atoms with Crippen molar-refractivity contribution in [2.45, 2.75) is 50.5 Å². The van der Waals surface area contributed by atoms with E-state index in [1.54, 1.807) is 17.0 Å². The maximum atomic E-state index is 12.3. The normalized spacial score (nSPS) is 15.4. The molecule has 0 radical (unpaired) electrons. The van der Waals surface area contributed by atoms with Crippen LogP contribution in [0, 0.1) is 0 Å². The third-order valence-electron chi connectivity index (χ3n) is 4.27. The van der Waals surface area contributed by atoms with E-state index in [-0.39, 0.29) is 23.5 Å². The molecule has 6 nitrogen and oxygen atoms in total. The number of hydrogen-bond acceptors (Lipinski definition) is 4. The molecule has 1 aromatic rings. The number of amides is 1. The van der Waals surface area contributed by atoms with Gasteiger partial charge in [-0.05, 0) is 63.8 Å². The number of nitrogens with zero attached hydrogens (tertiary/aromatic N) is 1. The van der Waals surface area contributed by atoms with Crippen molar-refractivity contribution >= 4 is 15.9 Å². The predicted molar refractivity (Wildman–Crippen MR) is 92.4 cm³/mol. The Morgan fingerprint density at radius 1 is 1.17 bits per heavy atom. The van der Waals surface area contributed by atoms with Crippen molar-refractivity contribution in [1.29, 1.82) is 0 Å². The highest BCUT2D eigenvalue weighted by Gasteiger charge is 2.19. The number of carbonyl (C=O) groups excluding carboxylic acids is 1. The third-order valence-corrected chi connectivity index (χ3v) is 5.69. The van der Waals surface area contributed by atoms with Crippen molar-refractivity contribution in [3.05, 3.63) is 24.3 Å². The molecule has 2 rings (SSSR count). The first-order valence-electron chi connectivity index (χ1n) is 8.50. The average molecular weight is 354 g/mol. The molecular formula is C17H26N2O4S. The van der Waals surface area contributed by atoms with Crippen molar-refractivity contribution < 1.29 is 17.9 Å². The zero-order valence-corrected chi connectivity index (χ0v) is 15.1. The second-order valence-electron chi connectivity index (χ2n) is 5.89. The van der Waals surface area contributed by atoms with Crippen molar-refractivity contribution in [2.75, 3.05) is 19.6 Å². The van der Waals surface area contributed by atoms with Crippen LogP contribution in [0.4, 0.5) is 0 Å². The summed E-state index contributed by atoms with van der Waals surface area (Å²) in [4.78, 5) is 13.6. The zero-order valence-electron chi connectivity index (χ0n) is 14.3. The lowest BCUT2D eigenvalue weighted by molar-refractivity contribution is -0.129. The Hall–Kier alpha value is -1.60. The number of rotatable bonds is 8. The Bertz CT molecular complexity index is 633. The van der Waals surface area contributed by atoms with Gasteiger partial charge >= 0.3 is 0 Å². The zero-order chi connectivity index (χ0) is 17.6. The predicted octanol–water partition coefficient (Wildman–Crippen LogP) is 2.15. The second kappa shape index (κ2) is 8.48. The van der Waals surface area contributed by atoms with Crippen molar-refractivity contribution in [3.8, 4) is 5.75 Å². The molecule has 0 spiro atoms. The first-order chi connectivity index (χ1) is 11.5. The van der Waals surface area contributed by atoms with E-state index in [0.29, 0.717) is 18.8 Å². The molecule has 0 aromatic heterocycles. The van der Waals surface area contributed by atoms with Crippen molar-refractivity contribution in [3.63, 3.8) is 0 Å². The molecule has 1 amide bonds. The van der Waals surface area contributed by atoms with Crippen LogP contribution in [-0.4, -0.2) is 45.0 Å². The average Bonchev–Trinajstić information content (AvgIpc) is 3.08. The summed E-state index contributed by atoms with van der Waals surface area (Å²) in [6, 6.07) is 6.35. The minimum absolute atomic E-state index is 0.133. The van der Waals surface area contributed by atoms with Gasteiger partial charge in [0.25, 0.3) is 0 Å². The van der Waals surface area contributed by atoms with Crippen LogP contribution in [0.2, 0.25) is 0 Å². The van der Waals surface area contributed by atoms with E-state index < -0.39 is 10.0 Å². The smallest absolute Gasteiger partial charge is 0.241 e. The first-order valence-corrected chi connectivity index (χ1v) is 9.98. The molecular weight excluding hydrogens is 328 g/mol. The fraction of sp³-hybridized carbons (Fsp3) is 0.588. The van der Waals surface area contributed by atoms with Crippen LogP contribution in [-0.2, 0) is 14.8 Å². The molecule has 0 bridgehead atoms. The van der Waals surface area contributed by atoms with Crippen molar-refractivity contribution in [2.24, 2.45) is 0 Å². The molecule has 1 aliphatic carbocycles. The number of nitrogens with one attached hydrogen (secondary N) is 1. The van der Waals surface area contributed by atoms with Gasteiger partial charge in [-0.2, -0.15) is 0 Å². The Kier molecular flexibility index (Phi) is 6.62. The number of carbonyl (C=O) groups is 1. The van der Waals surface area contributed by atoms with Crippen LogP contribution < -0.4 is 9.46 Å². The van der Waals surface area contributed by atoms with E-state index in [1.807, 2.05) is 13.8 Å². The lowest BCUT2D eigenvalue weighted by Gasteiger charge is -2.18. The lowest BCUT2D eigenvalue weighted by Crippen LogP contribution is -2.39. The third kappa shape index (κ3) is 4.95. The van der Waals surface area contributed by atoms with Gasteiger partial charge in [-0.25, -0.2) is 13.1 Å². The fourth-order valence-electron chi connectivity index (χ4n) is 2.82. The molecule has 7 heteroatoms. The number of likely N-dealkylation sites (N-methyl/N-ethyl adjacent to an activating group) is 1. The second-order valence-corrected chi connectivity index (χ2v) is 7.65. The van der Waals surface area contributed by atoms with Crippen LogP contribution in [0.25, 0.3) is 0 Å². The number of hydrogen-bond donors (Lipinski definition) is 1. The maximum absolute atomic E-state index is 12.3. The van der Waals surface area contributed by atoms with Gasteiger partial charge in [0.1, 0.15) is 5.75 Å². The highest BCUT2D eigenvalue weighted by molar-refractivity contribution is 7.89. The standard InChI is InChI=1S/C17H26N2O4S/c1-3-19(4-2)17(20)13-18-24(21,22)16-11-9-15(10-12-16)23-14-7-5-6-8-14/h9-12,14,18H,3-8,13H2,1-2H3. The Morgan fingerprint density at radius 2 is 1.75 bits per heavy atom. The first kappa shape index (κ1) is 18.7. The van der Waals surface area contributed by atoms with Gasteiger partial charge in [-0.15, -0.1) is 0 Å². The Labute approximate surface area is 144 Å². The summed E-state index contributed by atoms with van der Waals surface area (Å²) < 4.78 is 32.7. The van der Waals surface area contributed by atoms with Gasteiger partial charge in [0.05, 0.1) is 17.5 Å². The van der Waals surface area contributed by atoms with Gasteiger partial charge in [-0.3, -0.25) is 4.79 Å². The van der Waals surface area contributed by atoms with E-state index in [9.17, 15) is 13.2 Å². The van der Waals surface area contributed by atoms with Gasteiger partial charge in [0.2, 0.25) is 15.9 Å². The van der Waals surface area contributed by atoms with E-state index >= 15 is 0 Å². The monoisotopic (exact) mass is 354 g/mol. The molecule has 0 atom stereocenters. The summed E-state index contributed by atoms with van der Waals surface area (Å²) in [5.41, 5.74) is 0. The molecule has 0 aliphatic heterocycles. The molecule has 0 saturated heterocycles. The highest BCUT2D eigenvalue weighted by Crippen LogP contribution is 2.24. The molecule has 1 N–H and O–H groups in total. The number of sulfonamides is 1. The summed E-state index contributed by atoms with van der Waals surface area (Å²) in [5, 5.41) is 0. The van der Waals surface area contributed by atoms with Gasteiger partial charge in [0, 0.05) is 13.1 Å². The molecule has 1 saturated carbocycles. The van der Waals surface area contributed by atoms with Crippen LogP contribution in [0.15, 0.2) is 29.2 Å². The van der Waals surface area contributed by atoms with Crippen LogP contribution in [0.1, 0.15) is 39.5 Å². The van der Waals surface area contributed by atoms with Crippen molar-refractivity contribution in [1.82, 2.24) is 9.62 Å². The number of benzene rings is 1. The van der Waals surface area contributed by atoms with Crippen LogP contribution >= 0.6 is 0 Å². The largest absolute Gasteiger partial charge is 0.490 e. The fourth-order valence-corrected chi connectivity index (χ4v) is 3.80. The molecule has 0 unspecified atom stereocenters. The molecule has 1 aliphatic rings. The Balaban J connectivity index is 1.94. The summed E-state index contributed by atoms with van der Waals surface area (Å²) in [7, 11) is -3.70. The summed E-state index contributed by atoms with van der Waals surface area (Å²) in [5.74, 6) is 0.449. The van der Waals surface area contributed by atoms with Crippen LogP contribution in [0.3, 0.4) is 0 Å². The maximum Gasteiger partial charge on any atom is 0.241 e. The molecule has 134 valence electrons. The lowest BCUT2D eigenvalue weighted by atomic mass is 10.3. The van der Waals surface area contributed by atoms with E-state index in [2.05, 4.69) is 4.72 Å². The topological polar surface area (TPSA) is 75.7 Å². The molecule has 24 heavy (non-hydrogen) atoms. The van der Waals surface area contributed by atoms with E-state index in [0.717, 1.165) is 12.8 Å². The van der Waals surface area contributed by atoms with Gasteiger partial charge < -0.3 is 9.64 Å². The Morgan fingerprint density at radius 3 is 2.29 bits per heavy atom. The summed E-state index contributed by atoms with van der Waals surface area (Å²) in [6.07, 6.45) is 4.70. The minimum Gasteiger partial charge on any atom is -0.490 e. The SMILES string of the molecule is CCN(CC)C(=O)CNS(=O)(=O)c1ccc(OC2CCCC2)cc1. The van der Waals surface area contributed by atoms with Crippen LogP contribution in [0.5, 0.6) is 5.75 Å². The number of ether oxygens (including phenoxy) is 1. The molecule has 1 fully saturated rings. The quantitative estimate of drug-likeness (QED) is 0.776. The van der Waals surface area contributed by atoms with Gasteiger partial charge in [0.15, 0.2) is 0 Å².